The van der Waals surface area contributed by atoms with Gasteiger partial charge in [-0.2, -0.15) is 0 Å². The summed E-state index contributed by atoms with van der Waals surface area (Å²) in [6, 6.07) is 12.2. The van der Waals surface area contributed by atoms with E-state index in [1.165, 1.54) is 47.5 Å². The number of hydrogen-bond donors (Lipinski definition) is 2. The Balaban J connectivity index is 1.35. The average Bonchev–Trinajstić information content (AvgIpc) is 3.29. The van der Waals surface area contributed by atoms with Crippen molar-refractivity contribution in [3.05, 3.63) is 71.6 Å². The second-order valence-electron chi connectivity index (χ2n) is 8.30. The molecule has 5 heteroatoms. The molecule has 1 spiro atoms. The van der Waals surface area contributed by atoms with Gasteiger partial charge < -0.3 is 15.4 Å². The van der Waals surface area contributed by atoms with Crippen molar-refractivity contribution < 1.29 is 13.9 Å². The predicted molar refractivity (Wildman–Crippen MR) is 118 cm³/mol. The van der Waals surface area contributed by atoms with E-state index in [-0.39, 0.29) is 17.1 Å². The number of fused-ring (bicyclic) bond motifs is 2. The molecule has 0 aromatic heterocycles. The molecule has 2 aromatic rings. The fourth-order valence-corrected chi connectivity index (χ4v) is 5.07. The number of nitrogens with one attached hydrogen (secondary N) is 2. The number of methoxy groups -OCH3 is 1. The number of carbonyl (C=O) groups excluding carboxylic acids is 1. The topological polar surface area (TPSA) is 50.4 Å². The Kier molecular flexibility index (Phi) is 5.80. The average molecular weight is 409 g/mol. The van der Waals surface area contributed by atoms with Crippen LogP contribution >= 0.6 is 0 Å². The van der Waals surface area contributed by atoms with Crippen LogP contribution in [0.1, 0.15) is 54.4 Å². The molecule has 4 nitrogen and oxygen atoms in total. The third kappa shape index (κ3) is 3.69. The molecule has 1 saturated carbocycles. The number of ether oxygens (including phenoxy) is 1. The van der Waals surface area contributed by atoms with Gasteiger partial charge in [-0.25, -0.2) is 4.39 Å². The second-order valence-corrected chi connectivity index (χ2v) is 8.30. The highest BCUT2D eigenvalue weighted by Gasteiger charge is 2.50. The van der Waals surface area contributed by atoms with Gasteiger partial charge in [0.2, 0.25) is 0 Å². The number of amides is 1. The minimum atomic E-state index is -0.336. The summed E-state index contributed by atoms with van der Waals surface area (Å²) in [7, 11) is 1.71. The van der Waals surface area contributed by atoms with E-state index in [1.807, 2.05) is 6.07 Å². The Hall–Kier alpha value is -2.82. The fraction of sp³-hybridized carbons (Fsp3) is 0.400. The summed E-state index contributed by atoms with van der Waals surface area (Å²) in [5.74, 6) is 0.393. The molecule has 0 saturated heterocycles. The van der Waals surface area contributed by atoms with E-state index in [0.29, 0.717) is 18.2 Å². The Morgan fingerprint density at radius 1 is 1.27 bits per heavy atom. The molecule has 2 atom stereocenters. The molecule has 0 unspecified atom stereocenters. The van der Waals surface area contributed by atoms with E-state index in [0.717, 1.165) is 37.9 Å². The quantitative estimate of drug-likeness (QED) is 0.489. The summed E-state index contributed by atoms with van der Waals surface area (Å²) in [5.41, 5.74) is 4.30. The number of carbonyl (C=O) groups is 1. The van der Waals surface area contributed by atoms with E-state index < -0.39 is 0 Å². The zero-order valence-corrected chi connectivity index (χ0v) is 17.5. The van der Waals surface area contributed by atoms with Crippen molar-refractivity contribution >= 4 is 11.6 Å². The standard InChI is InChI=1S/C25H29FN2O2/c1-17-6-5-14-25(17)21-16-20(30-2)12-13-22(21)28-23(25)7-3-4-15-27-24(29)18-8-10-19(26)11-9-18/h8-13,16,23,28H,1,3-7,14-15H2,2H3,(H,27,29)/t23-,25-/m0/s1. The summed E-state index contributed by atoms with van der Waals surface area (Å²) >= 11 is 0. The Morgan fingerprint density at radius 2 is 2.07 bits per heavy atom. The van der Waals surface area contributed by atoms with Gasteiger partial charge in [0.25, 0.3) is 5.91 Å². The zero-order chi connectivity index (χ0) is 21.1. The van der Waals surface area contributed by atoms with Gasteiger partial charge in [0, 0.05) is 29.3 Å². The Labute approximate surface area is 177 Å². The minimum absolute atomic E-state index is 0.0127. The fourth-order valence-electron chi connectivity index (χ4n) is 5.07. The van der Waals surface area contributed by atoms with E-state index in [1.54, 1.807) is 7.11 Å². The van der Waals surface area contributed by atoms with E-state index in [9.17, 15) is 9.18 Å². The smallest absolute Gasteiger partial charge is 0.251 e. The van der Waals surface area contributed by atoms with Crippen molar-refractivity contribution in [3.63, 3.8) is 0 Å². The van der Waals surface area contributed by atoms with Gasteiger partial charge in [0.05, 0.1) is 7.11 Å². The van der Waals surface area contributed by atoms with Crippen LogP contribution < -0.4 is 15.4 Å². The summed E-state index contributed by atoms with van der Waals surface area (Å²) in [6.07, 6.45) is 6.27. The van der Waals surface area contributed by atoms with Crippen LogP contribution in [0.25, 0.3) is 0 Å². The lowest BCUT2D eigenvalue weighted by molar-refractivity contribution is 0.0953. The largest absolute Gasteiger partial charge is 0.497 e. The molecule has 1 aliphatic carbocycles. The second kappa shape index (κ2) is 8.50. The van der Waals surface area contributed by atoms with Crippen LogP contribution in [0.3, 0.4) is 0 Å². The number of rotatable bonds is 7. The maximum Gasteiger partial charge on any atom is 0.251 e. The van der Waals surface area contributed by atoms with Crippen LogP contribution in [0.2, 0.25) is 0 Å². The van der Waals surface area contributed by atoms with Crippen LogP contribution in [0.15, 0.2) is 54.6 Å². The van der Waals surface area contributed by atoms with Crippen LogP contribution in [0.5, 0.6) is 5.75 Å². The van der Waals surface area contributed by atoms with E-state index >= 15 is 0 Å². The van der Waals surface area contributed by atoms with E-state index in [4.69, 9.17) is 4.74 Å². The Bertz CT molecular complexity index is 941. The molecular formula is C25H29FN2O2. The summed E-state index contributed by atoms with van der Waals surface area (Å²) < 4.78 is 18.5. The van der Waals surface area contributed by atoms with Gasteiger partial charge in [-0.1, -0.05) is 12.2 Å². The predicted octanol–water partition coefficient (Wildman–Crippen LogP) is 5.21. The molecule has 2 aromatic carbocycles. The van der Waals surface area contributed by atoms with Crippen LogP contribution in [-0.4, -0.2) is 25.6 Å². The monoisotopic (exact) mass is 408 g/mol. The SMILES string of the molecule is C=C1CCC[C@@]12c1cc(OC)ccc1N[C@H]2CCCCNC(=O)c1ccc(F)cc1. The summed E-state index contributed by atoms with van der Waals surface area (Å²) in [6.45, 7) is 5.05. The highest BCUT2D eigenvalue weighted by molar-refractivity contribution is 5.94. The number of hydrogen-bond acceptors (Lipinski definition) is 3. The van der Waals surface area contributed by atoms with Gasteiger partial charge >= 0.3 is 0 Å². The molecule has 30 heavy (non-hydrogen) atoms. The molecule has 1 heterocycles. The molecule has 1 amide bonds. The van der Waals surface area contributed by atoms with Crippen molar-refractivity contribution in [3.8, 4) is 5.75 Å². The lowest BCUT2D eigenvalue weighted by Gasteiger charge is -2.33. The van der Waals surface area contributed by atoms with Gasteiger partial charge in [-0.15, -0.1) is 0 Å². The zero-order valence-electron chi connectivity index (χ0n) is 17.5. The lowest BCUT2D eigenvalue weighted by Crippen LogP contribution is -2.37. The van der Waals surface area contributed by atoms with Crippen molar-refractivity contribution in [1.29, 1.82) is 0 Å². The first-order valence-electron chi connectivity index (χ1n) is 10.7. The molecule has 158 valence electrons. The van der Waals surface area contributed by atoms with Crippen LogP contribution in [0, 0.1) is 5.82 Å². The van der Waals surface area contributed by atoms with Crippen molar-refractivity contribution in [2.45, 2.75) is 50.0 Å². The third-order valence-corrected chi connectivity index (χ3v) is 6.62. The summed E-state index contributed by atoms with van der Waals surface area (Å²) in [5, 5.41) is 6.67. The maximum absolute atomic E-state index is 13.0. The first-order chi connectivity index (χ1) is 14.5. The molecule has 0 radical (unpaired) electrons. The number of benzene rings is 2. The molecule has 2 aliphatic rings. The molecule has 4 rings (SSSR count). The van der Waals surface area contributed by atoms with Crippen molar-refractivity contribution in [2.24, 2.45) is 0 Å². The van der Waals surface area contributed by atoms with Gasteiger partial charge in [-0.05, 0) is 86.6 Å². The molecule has 1 fully saturated rings. The molecule has 2 N–H and O–H groups in total. The lowest BCUT2D eigenvalue weighted by atomic mass is 9.71. The molecule has 0 bridgehead atoms. The third-order valence-electron chi connectivity index (χ3n) is 6.62. The Morgan fingerprint density at radius 3 is 2.77 bits per heavy atom. The first-order valence-corrected chi connectivity index (χ1v) is 10.7. The normalized spacial score (nSPS) is 22.1. The van der Waals surface area contributed by atoms with Crippen molar-refractivity contribution in [2.75, 3.05) is 19.0 Å². The first kappa shape index (κ1) is 20.5. The minimum Gasteiger partial charge on any atom is -0.497 e. The highest BCUT2D eigenvalue weighted by atomic mass is 19.1. The number of halogens is 1. The van der Waals surface area contributed by atoms with Crippen molar-refractivity contribution in [1.82, 2.24) is 5.32 Å². The van der Waals surface area contributed by atoms with Gasteiger partial charge in [-0.3, -0.25) is 4.79 Å². The van der Waals surface area contributed by atoms with Gasteiger partial charge in [0.1, 0.15) is 11.6 Å². The highest BCUT2D eigenvalue weighted by Crippen LogP contribution is 2.55. The maximum atomic E-state index is 13.0. The molecule has 1 aliphatic heterocycles. The number of anilines is 1. The van der Waals surface area contributed by atoms with Crippen LogP contribution in [0.4, 0.5) is 10.1 Å². The van der Waals surface area contributed by atoms with E-state index in [2.05, 4.69) is 29.3 Å². The summed E-state index contributed by atoms with van der Waals surface area (Å²) in [4.78, 5) is 12.2. The van der Waals surface area contributed by atoms with Crippen LogP contribution in [-0.2, 0) is 5.41 Å². The molecular weight excluding hydrogens is 379 g/mol. The number of unbranched alkanes of at least 4 members (excludes halogenated alkanes) is 1. The van der Waals surface area contributed by atoms with Gasteiger partial charge in [0.15, 0.2) is 0 Å².